The minimum Gasteiger partial charge on any atom is -0.385 e. The Balaban J connectivity index is 0.00000320. The van der Waals surface area contributed by atoms with Crippen molar-refractivity contribution in [3.8, 4) is 0 Å². The van der Waals surface area contributed by atoms with E-state index in [0.29, 0.717) is 12.0 Å². The number of ether oxygens (including phenoxy) is 2. The number of nitrogens with one attached hydrogen (secondary N) is 2. The van der Waals surface area contributed by atoms with Crippen molar-refractivity contribution in [1.29, 1.82) is 0 Å². The summed E-state index contributed by atoms with van der Waals surface area (Å²) < 4.78 is 11.0. The molecule has 1 saturated carbocycles. The van der Waals surface area contributed by atoms with E-state index in [2.05, 4.69) is 40.4 Å². The summed E-state index contributed by atoms with van der Waals surface area (Å²) in [5, 5.41) is 6.95. The molecule has 1 aromatic heterocycles. The summed E-state index contributed by atoms with van der Waals surface area (Å²) in [6.07, 6.45) is 7.10. The van der Waals surface area contributed by atoms with E-state index in [0.717, 1.165) is 57.6 Å². The predicted molar refractivity (Wildman–Crippen MR) is 133 cm³/mol. The number of pyridine rings is 1. The van der Waals surface area contributed by atoms with Crippen molar-refractivity contribution >= 4 is 35.8 Å². The first-order valence-corrected chi connectivity index (χ1v) is 11.0. The van der Waals surface area contributed by atoms with Crippen LogP contribution < -0.4 is 15.5 Å². The lowest BCUT2D eigenvalue weighted by atomic mass is 9.67. The highest BCUT2D eigenvalue weighted by Gasteiger charge is 2.36. The van der Waals surface area contributed by atoms with Gasteiger partial charge in [-0.1, -0.05) is 6.42 Å². The highest BCUT2D eigenvalue weighted by molar-refractivity contribution is 14.0. The Bertz CT molecular complexity index is 669. The summed E-state index contributed by atoms with van der Waals surface area (Å²) in [6, 6.07) is 4.20. The third-order valence-corrected chi connectivity index (χ3v) is 6.02. The number of hydrogen-bond donors (Lipinski definition) is 2. The van der Waals surface area contributed by atoms with Crippen LogP contribution in [0.3, 0.4) is 0 Å². The molecule has 1 unspecified atom stereocenters. The van der Waals surface area contributed by atoms with Gasteiger partial charge >= 0.3 is 0 Å². The molecule has 0 radical (unpaired) electrons. The molecular formula is C22H38IN5O2. The monoisotopic (exact) mass is 531 g/mol. The van der Waals surface area contributed by atoms with Gasteiger partial charge in [-0.25, -0.2) is 9.98 Å². The lowest BCUT2D eigenvalue weighted by Crippen LogP contribution is -2.47. The molecule has 7 nitrogen and oxygen atoms in total. The Hall–Kier alpha value is -1.13. The van der Waals surface area contributed by atoms with E-state index in [4.69, 9.17) is 14.5 Å². The lowest BCUT2D eigenvalue weighted by Gasteiger charge is -2.42. The molecule has 1 aliphatic heterocycles. The third kappa shape index (κ3) is 7.23. The average molecular weight is 531 g/mol. The first-order valence-electron chi connectivity index (χ1n) is 11.0. The molecule has 2 N–H and O–H groups in total. The average Bonchev–Trinajstić information content (AvgIpc) is 2.71. The molecule has 2 aliphatic rings. The third-order valence-electron chi connectivity index (χ3n) is 6.02. The van der Waals surface area contributed by atoms with Crippen molar-refractivity contribution < 1.29 is 9.47 Å². The van der Waals surface area contributed by atoms with Crippen LogP contribution in [0.15, 0.2) is 23.3 Å². The Morgan fingerprint density at radius 3 is 2.90 bits per heavy atom. The number of rotatable bonds is 9. The van der Waals surface area contributed by atoms with Crippen LogP contribution in [-0.2, 0) is 16.0 Å². The molecule has 0 bridgehead atoms. The number of methoxy groups -OCH3 is 1. The second-order valence-electron chi connectivity index (χ2n) is 8.29. The molecule has 170 valence electrons. The van der Waals surface area contributed by atoms with Gasteiger partial charge in [0.2, 0.25) is 0 Å². The number of halogens is 1. The van der Waals surface area contributed by atoms with Gasteiger partial charge in [-0.2, -0.15) is 0 Å². The van der Waals surface area contributed by atoms with Crippen molar-refractivity contribution in [2.24, 2.45) is 10.4 Å². The largest absolute Gasteiger partial charge is 0.385 e. The Kier molecular flexibility index (Phi) is 10.6. The zero-order valence-corrected chi connectivity index (χ0v) is 21.0. The number of hydrogen-bond acceptors (Lipinski definition) is 5. The van der Waals surface area contributed by atoms with Crippen molar-refractivity contribution in [2.45, 2.75) is 52.2 Å². The van der Waals surface area contributed by atoms with Crippen LogP contribution in [0.1, 0.15) is 45.1 Å². The second kappa shape index (κ2) is 12.7. The Labute approximate surface area is 198 Å². The zero-order chi connectivity index (χ0) is 20.5. The molecule has 2 heterocycles. The molecule has 0 aromatic carbocycles. The molecule has 1 aromatic rings. The Morgan fingerprint density at radius 2 is 2.23 bits per heavy atom. The predicted octanol–water partition coefficient (Wildman–Crippen LogP) is 3.19. The van der Waals surface area contributed by atoms with E-state index in [-0.39, 0.29) is 30.1 Å². The summed E-state index contributed by atoms with van der Waals surface area (Å²) in [5.41, 5.74) is 1.53. The number of morpholine rings is 1. The highest BCUT2D eigenvalue weighted by Crippen LogP contribution is 2.43. The fraction of sp³-hybridized carbons (Fsp3) is 0.727. The summed E-state index contributed by atoms with van der Waals surface area (Å²) in [4.78, 5) is 11.7. The van der Waals surface area contributed by atoms with Gasteiger partial charge in [0.25, 0.3) is 0 Å². The number of guanidine groups is 1. The molecule has 3 rings (SSSR count). The van der Waals surface area contributed by atoms with Gasteiger partial charge in [-0.15, -0.1) is 24.0 Å². The van der Waals surface area contributed by atoms with Crippen LogP contribution in [0.25, 0.3) is 0 Å². The van der Waals surface area contributed by atoms with E-state index in [1.165, 1.54) is 24.8 Å². The number of nitrogens with zero attached hydrogens (tertiary/aromatic N) is 3. The van der Waals surface area contributed by atoms with E-state index >= 15 is 0 Å². The summed E-state index contributed by atoms with van der Waals surface area (Å²) in [7, 11) is 1.78. The van der Waals surface area contributed by atoms with Crippen LogP contribution in [-0.4, -0.2) is 63.6 Å². The zero-order valence-electron chi connectivity index (χ0n) is 18.7. The first-order chi connectivity index (χ1) is 14.1. The summed E-state index contributed by atoms with van der Waals surface area (Å²) in [6.45, 7) is 10.0. The van der Waals surface area contributed by atoms with Gasteiger partial charge in [0.1, 0.15) is 5.82 Å². The molecule has 0 amide bonds. The molecule has 0 spiro atoms. The van der Waals surface area contributed by atoms with E-state index in [1.54, 1.807) is 7.11 Å². The van der Waals surface area contributed by atoms with Gasteiger partial charge in [-0.05, 0) is 56.2 Å². The standard InChI is InChI=1S/C22H37N5O2.HI/c1-4-23-21(26-17-22(7-5-8-22)9-12-28-3)25-15-19-6-10-24-20(14-19)27-11-13-29-18(2)16-27;/h6,10,14,18H,4-5,7-9,11-13,15-17H2,1-3H3,(H2,23,25,26);1H. The molecular weight excluding hydrogens is 493 g/mol. The normalized spacial score (nSPS) is 20.8. The molecule has 1 aliphatic carbocycles. The van der Waals surface area contributed by atoms with E-state index in [9.17, 15) is 0 Å². The topological polar surface area (TPSA) is 71.0 Å². The minimum absolute atomic E-state index is 0. The highest BCUT2D eigenvalue weighted by atomic mass is 127. The molecule has 2 fully saturated rings. The number of aliphatic imine (C=N–C) groups is 1. The van der Waals surface area contributed by atoms with E-state index in [1.807, 2.05) is 12.3 Å². The lowest BCUT2D eigenvalue weighted by molar-refractivity contribution is 0.0529. The van der Waals surface area contributed by atoms with Crippen LogP contribution >= 0.6 is 24.0 Å². The fourth-order valence-electron chi connectivity index (χ4n) is 4.05. The Morgan fingerprint density at radius 1 is 1.40 bits per heavy atom. The van der Waals surface area contributed by atoms with Crippen LogP contribution in [0.4, 0.5) is 5.82 Å². The van der Waals surface area contributed by atoms with Gasteiger partial charge in [0.15, 0.2) is 5.96 Å². The van der Waals surface area contributed by atoms with Gasteiger partial charge in [0, 0.05) is 46.1 Å². The second-order valence-corrected chi connectivity index (χ2v) is 8.29. The molecule has 30 heavy (non-hydrogen) atoms. The maximum absolute atomic E-state index is 5.64. The minimum atomic E-state index is 0. The summed E-state index contributed by atoms with van der Waals surface area (Å²) >= 11 is 0. The maximum atomic E-state index is 5.64. The van der Waals surface area contributed by atoms with E-state index < -0.39 is 0 Å². The fourth-order valence-corrected chi connectivity index (χ4v) is 4.05. The van der Waals surface area contributed by atoms with Crippen molar-refractivity contribution in [1.82, 2.24) is 15.6 Å². The van der Waals surface area contributed by atoms with Gasteiger partial charge in [0.05, 0.1) is 19.3 Å². The smallest absolute Gasteiger partial charge is 0.191 e. The maximum Gasteiger partial charge on any atom is 0.191 e. The van der Waals surface area contributed by atoms with Gasteiger partial charge in [-0.3, -0.25) is 0 Å². The van der Waals surface area contributed by atoms with Gasteiger partial charge < -0.3 is 25.0 Å². The SMILES string of the molecule is CCNC(=NCc1ccnc(N2CCOC(C)C2)c1)NCC1(CCOC)CCC1.I. The molecule has 8 heteroatoms. The first kappa shape index (κ1) is 25.1. The number of aromatic nitrogens is 1. The molecule has 1 saturated heterocycles. The van der Waals surface area contributed by atoms with Crippen LogP contribution in [0, 0.1) is 5.41 Å². The quantitative estimate of drug-likeness (QED) is 0.290. The molecule has 1 atom stereocenters. The van der Waals surface area contributed by atoms with Crippen molar-refractivity contribution in [3.05, 3.63) is 23.9 Å². The summed E-state index contributed by atoms with van der Waals surface area (Å²) in [5.74, 6) is 1.90. The van der Waals surface area contributed by atoms with Crippen LogP contribution in [0.5, 0.6) is 0 Å². The van der Waals surface area contributed by atoms with Crippen molar-refractivity contribution in [3.63, 3.8) is 0 Å². The number of anilines is 1. The van der Waals surface area contributed by atoms with Crippen LogP contribution in [0.2, 0.25) is 0 Å². The van der Waals surface area contributed by atoms with Crippen molar-refractivity contribution in [2.75, 3.05) is 51.4 Å².